The predicted octanol–water partition coefficient (Wildman–Crippen LogP) is 5.00. The zero-order valence-corrected chi connectivity index (χ0v) is 14.8. The van der Waals surface area contributed by atoms with E-state index >= 15 is 0 Å². The van der Waals surface area contributed by atoms with Crippen LogP contribution in [0.3, 0.4) is 0 Å². The number of amides is 1. The molecule has 25 heavy (non-hydrogen) atoms. The fourth-order valence-corrected chi connectivity index (χ4v) is 2.48. The van der Waals surface area contributed by atoms with Crippen LogP contribution in [0.25, 0.3) is 0 Å². The lowest BCUT2D eigenvalue weighted by Gasteiger charge is -2.13. The number of carbonyl (C=O) groups is 2. The first-order valence-electron chi connectivity index (χ1n) is 7.92. The van der Waals surface area contributed by atoms with Crippen molar-refractivity contribution in [2.75, 3.05) is 5.32 Å². The topological polar surface area (TPSA) is 55.4 Å². The highest BCUT2D eigenvalue weighted by Crippen LogP contribution is 2.26. The summed E-state index contributed by atoms with van der Waals surface area (Å²) in [5.74, 6) is -0.345. The van der Waals surface area contributed by atoms with Crippen molar-refractivity contribution in [2.24, 2.45) is 0 Å². The molecule has 1 amide bonds. The zero-order valence-electron chi connectivity index (χ0n) is 14.1. The summed E-state index contributed by atoms with van der Waals surface area (Å²) in [6, 6.07) is 8.90. The highest BCUT2D eigenvalue weighted by molar-refractivity contribution is 6.31. The average molecular weight is 364 g/mol. The monoisotopic (exact) mass is 363 g/mol. The van der Waals surface area contributed by atoms with E-state index in [4.69, 9.17) is 16.3 Å². The largest absolute Gasteiger partial charge is 0.488 e. The third-order valence-corrected chi connectivity index (χ3v) is 3.87. The summed E-state index contributed by atoms with van der Waals surface area (Å²) in [7, 11) is 0. The van der Waals surface area contributed by atoms with Gasteiger partial charge in [-0.1, -0.05) is 24.6 Å². The molecule has 0 atom stereocenters. The number of ether oxygens (including phenoxy) is 1. The van der Waals surface area contributed by atoms with E-state index in [-0.39, 0.29) is 23.3 Å². The molecule has 1 N–H and O–H groups in total. The predicted molar refractivity (Wildman–Crippen MR) is 95.7 cm³/mol. The lowest BCUT2D eigenvalue weighted by atomic mass is 10.1. The molecule has 4 nitrogen and oxygen atoms in total. The van der Waals surface area contributed by atoms with Gasteiger partial charge < -0.3 is 10.1 Å². The molecule has 0 radical (unpaired) electrons. The van der Waals surface area contributed by atoms with Gasteiger partial charge in [0.05, 0.1) is 10.6 Å². The van der Waals surface area contributed by atoms with Gasteiger partial charge in [-0.25, -0.2) is 4.39 Å². The van der Waals surface area contributed by atoms with Gasteiger partial charge in [-0.3, -0.25) is 9.59 Å². The molecule has 2 rings (SSSR count). The molecule has 0 saturated heterocycles. The molecule has 2 aromatic rings. The number of rotatable bonds is 7. The number of Topliss-reactive ketones (excluding diaryl/α,β-unsaturated/α-hetero) is 1. The number of carbonyl (C=O) groups excluding carboxylic acids is 2. The summed E-state index contributed by atoms with van der Waals surface area (Å²) < 4.78 is 18.8. The molecular formula is C19H19ClFNO3. The molecule has 0 bridgehead atoms. The minimum atomic E-state index is -0.426. The maximum Gasteiger partial charge on any atom is 0.224 e. The fourth-order valence-electron chi connectivity index (χ4n) is 2.25. The molecule has 0 spiro atoms. The maximum absolute atomic E-state index is 13.1. The molecule has 0 unspecified atom stereocenters. The summed E-state index contributed by atoms with van der Waals surface area (Å²) in [5.41, 5.74) is 1.50. The fraction of sp³-hybridized carbons (Fsp3) is 0.263. The van der Waals surface area contributed by atoms with Crippen molar-refractivity contribution >= 4 is 29.0 Å². The van der Waals surface area contributed by atoms with Crippen LogP contribution < -0.4 is 10.1 Å². The van der Waals surface area contributed by atoms with Gasteiger partial charge in [-0.05, 0) is 43.7 Å². The van der Waals surface area contributed by atoms with Crippen LogP contribution in [0.4, 0.5) is 10.1 Å². The van der Waals surface area contributed by atoms with Crippen molar-refractivity contribution < 1.29 is 18.7 Å². The maximum atomic E-state index is 13.1. The van der Waals surface area contributed by atoms with Crippen molar-refractivity contribution in [1.82, 2.24) is 0 Å². The van der Waals surface area contributed by atoms with Gasteiger partial charge >= 0.3 is 0 Å². The van der Waals surface area contributed by atoms with Crippen LogP contribution in [0.1, 0.15) is 42.6 Å². The third-order valence-electron chi connectivity index (χ3n) is 3.52. The van der Waals surface area contributed by atoms with Crippen molar-refractivity contribution in [3.63, 3.8) is 0 Å². The summed E-state index contributed by atoms with van der Waals surface area (Å²) in [6.07, 6.45) is 1.15. The second-order valence-electron chi connectivity index (χ2n) is 5.59. The highest BCUT2D eigenvalue weighted by Gasteiger charge is 2.12. The molecule has 0 aliphatic heterocycles. The second-order valence-corrected chi connectivity index (χ2v) is 6.00. The van der Waals surface area contributed by atoms with Gasteiger partial charge in [0.2, 0.25) is 5.91 Å². The summed E-state index contributed by atoms with van der Waals surface area (Å²) in [4.78, 5) is 23.6. The Balaban J connectivity index is 2.16. The highest BCUT2D eigenvalue weighted by atomic mass is 35.5. The standard InChI is InChI=1S/C19H19ClFNO3/c1-3-4-19(24)22-15-7-8-18(16(10-15)12(2)23)25-11-13-5-6-14(21)9-17(13)20/h5-10H,3-4,11H2,1-2H3,(H,22,24). The molecule has 0 aliphatic rings. The van der Waals surface area contributed by atoms with Crippen molar-refractivity contribution in [3.8, 4) is 5.75 Å². The third kappa shape index (κ3) is 5.29. The van der Waals surface area contributed by atoms with E-state index in [9.17, 15) is 14.0 Å². The Kier molecular flexibility index (Phi) is 6.53. The number of halogens is 2. The Labute approximate surface area is 150 Å². The smallest absolute Gasteiger partial charge is 0.224 e. The first-order chi connectivity index (χ1) is 11.9. The van der Waals surface area contributed by atoms with Gasteiger partial charge in [0.25, 0.3) is 0 Å². The number of hydrogen-bond donors (Lipinski definition) is 1. The van der Waals surface area contributed by atoms with E-state index in [1.807, 2.05) is 6.92 Å². The molecule has 0 fully saturated rings. The van der Waals surface area contributed by atoms with Gasteiger partial charge in [0.15, 0.2) is 5.78 Å². The lowest BCUT2D eigenvalue weighted by molar-refractivity contribution is -0.116. The Morgan fingerprint density at radius 2 is 1.96 bits per heavy atom. The van der Waals surface area contributed by atoms with E-state index in [0.29, 0.717) is 29.0 Å². The van der Waals surface area contributed by atoms with Gasteiger partial charge in [-0.2, -0.15) is 0 Å². The van der Waals surface area contributed by atoms with Crippen molar-refractivity contribution in [1.29, 1.82) is 0 Å². The minimum Gasteiger partial charge on any atom is -0.488 e. The first-order valence-corrected chi connectivity index (χ1v) is 8.30. The number of hydrogen-bond acceptors (Lipinski definition) is 3. The normalized spacial score (nSPS) is 10.4. The molecule has 0 saturated carbocycles. The summed E-state index contributed by atoms with van der Waals surface area (Å²) in [5, 5.41) is 3.00. The van der Waals surface area contributed by atoms with E-state index in [2.05, 4.69) is 5.32 Å². The molecule has 0 heterocycles. The van der Waals surface area contributed by atoms with E-state index < -0.39 is 5.82 Å². The number of nitrogens with one attached hydrogen (secondary N) is 1. The Morgan fingerprint density at radius 1 is 1.20 bits per heavy atom. The summed E-state index contributed by atoms with van der Waals surface area (Å²) in [6.45, 7) is 3.43. The molecule has 0 aliphatic carbocycles. The summed E-state index contributed by atoms with van der Waals surface area (Å²) >= 11 is 5.98. The van der Waals surface area contributed by atoms with E-state index in [1.54, 1.807) is 18.2 Å². The van der Waals surface area contributed by atoms with Crippen LogP contribution in [0.15, 0.2) is 36.4 Å². The van der Waals surface area contributed by atoms with E-state index in [0.717, 1.165) is 6.42 Å². The SMILES string of the molecule is CCCC(=O)Nc1ccc(OCc2ccc(F)cc2Cl)c(C(C)=O)c1. The van der Waals surface area contributed by atoms with Crippen LogP contribution in [-0.2, 0) is 11.4 Å². The quantitative estimate of drug-likeness (QED) is 0.704. The number of anilines is 1. The van der Waals surface area contributed by atoms with Crippen LogP contribution in [0.5, 0.6) is 5.75 Å². The number of ketones is 1. The molecule has 132 valence electrons. The van der Waals surface area contributed by atoms with Crippen LogP contribution >= 0.6 is 11.6 Å². The molecular weight excluding hydrogens is 345 g/mol. The van der Waals surface area contributed by atoms with Crippen molar-refractivity contribution in [2.45, 2.75) is 33.3 Å². The van der Waals surface area contributed by atoms with Crippen molar-refractivity contribution in [3.05, 3.63) is 58.4 Å². The first kappa shape index (κ1) is 18.9. The van der Waals surface area contributed by atoms with Gasteiger partial charge in [0.1, 0.15) is 18.2 Å². The van der Waals surface area contributed by atoms with Gasteiger partial charge in [0, 0.05) is 17.7 Å². The molecule has 2 aromatic carbocycles. The zero-order chi connectivity index (χ0) is 18.4. The van der Waals surface area contributed by atoms with Gasteiger partial charge in [-0.15, -0.1) is 0 Å². The Bertz CT molecular complexity index is 792. The molecule has 6 heteroatoms. The van der Waals surface area contributed by atoms with Crippen LogP contribution in [0, 0.1) is 5.82 Å². The van der Waals surface area contributed by atoms with Crippen LogP contribution in [-0.4, -0.2) is 11.7 Å². The van der Waals surface area contributed by atoms with E-state index in [1.165, 1.54) is 25.1 Å². The second kappa shape index (κ2) is 8.62. The minimum absolute atomic E-state index is 0.0981. The average Bonchev–Trinajstić information content (AvgIpc) is 2.55. The Hall–Kier alpha value is -2.40. The van der Waals surface area contributed by atoms with Crippen LogP contribution in [0.2, 0.25) is 5.02 Å². The molecule has 0 aromatic heterocycles. The lowest BCUT2D eigenvalue weighted by Crippen LogP contribution is -2.11. The Morgan fingerprint density at radius 3 is 2.60 bits per heavy atom. The number of benzene rings is 2.